The summed E-state index contributed by atoms with van der Waals surface area (Å²) in [7, 11) is 0. The van der Waals surface area contributed by atoms with Gasteiger partial charge in [-0.2, -0.15) is 0 Å². The zero-order valence-electron chi connectivity index (χ0n) is 9.32. The van der Waals surface area contributed by atoms with Gasteiger partial charge in [0, 0.05) is 5.88 Å². The molecule has 0 aromatic carbocycles. The van der Waals surface area contributed by atoms with E-state index in [9.17, 15) is 0 Å². The Labute approximate surface area is 82.7 Å². The van der Waals surface area contributed by atoms with Gasteiger partial charge in [-0.15, -0.1) is 11.6 Å². The van der Waals surface area contributed by atoms with Gasteiger partial charge in [0.1, 0.15) is 0 Å². The maximum atomic E-state index is 5.99. The molecule has 0 aromatic heterocycles. The van der Waals surface area contributed by atoms with Crippen molar-refractivity contribution in [3.05, 3.63) is 0 Å². The summed E-state index contributed by atoms with van der Waals surface area (Å²) in [5.74, 6) is 2.85. The Balaban J connectivity index is 4.35. The van der Waals surface area contributed by atoms with Crippen LogP contribution in [0.25, 0.3) is 0 Å². The van der Waals surface area contributed by atoms with Crippen LogP contribution in [0.4, 0.5) is 0 Å². The van der Waals surface area contributed by atoms with E-state index in [-0.39, 0.29) is 0 Å². The Morgan fingerprint density at radius 1 is 1.08 bits per heavy atom. The standard InChI is InChI=1S/C11H23Cl/c1-8(2)9(3)10(7-12)11(4,5)6/h8-10H,7H2,1-6H3. The fraction of sp³-hybridized carbons (Fsp3) is 1.00. The normalized spacial score (nSPS) is 18.0. The molecule has 74 valence electrons. The van der Waals surface area contributed by atoms with Crippen molar-refractivity contribution in [2.24, 2.45) is 23.2 Å². The van der Waals surface area contributed by atoms with E-state index in [1.54, 1.807) is 0 Å². The first-order valence-electron chi connectivity index (χ1n) is 4.86. The number of hydrogen-bond donors (Lipinski definition) is 0. The Morgan fingerprint density at radius 2 is 1.50 bits per heavy atom. The van der Waals surface area contributed by atoms with Crippen molar-refractivity contribution < 1.29 is 0 Å². The van der Waals surface area contributed by atoms with Gasteiger partial charge in [0.05, 0.1) is 0 Å². The molecular weight excluding hydrogens is 168 g/mol. The van der Waals surface area contributed by atoms with Crippen LogP contribution in [0.15, 0.2) is 0 Å². The van der Waals surface area contributed by atoms with Gasteiger partial charge in [-0.25, -0.2) is 0 Å². The van der Waals surface area contributed by atoms with Crippen LogP contribution in [-0.4, -0.2) is 5.88 Å². The van der Waals surface area contributed by atoms with Gasteiger partial charge in [-0.1, -0.05) is 41.5 Å². The van der Waals surface area contributed by atoms with Crippen LogP contribution in [0.3, 0.4) is 0 Å². The SMILES string of the molecule is CC(C)C(C)C(CCl)C(C)(C)C. The van der Waals surface area contributed by atoms with E-state index in [1.165, 1.54) is 0 Å². The summed E-state index contributed by atoms with van der Waals surface area (Å²) in [5, 5.41) is 0. The zero-order valence-corrected chi connectivity index (χ0v) is 10.1. The lowest BCUT2D eigenvalue weighted by Crippen LogP contribution is -2.30. The van der Waals surface area contributed by atoms with Crippen LogP contribution >= 0.6 is 11.6 Å². The second-order valence-corrected chi connectivity index (χ2v) is 5.54. The highest BCUT2D eigenvalue weighted by Crippen LogP contribution is 2.36. The van der Waals surface area contributed by atoms with Gasteiger partial charge >= 0.3 is 0 Å². The second-order valence-electron chi connectivity index (χ2n) is 5.23. The Bertz CT molecular complexity index is 121. The number of hydrogen-bond acceptors (Lipinski definition) is 0. The van der Waals surface area contributed by atoms with E-state index in [0.29, 0.717) is 17.3 Å². The first kappa shape index (κ1) is 12.3. The van der Waals surface area contributed by atoms with E-state index >= 15 is 0 Å². The fourth-order valence-corrected chi connectivity index (χ4v) is 2.37. The monoisotopic (exact) mass is 190 g/mol. The molecule has 12 heavy (non-hydrogen) atoms. The maximum absolute atomic E-state index is 5.99. The van der Waals surface area contributed by atoms with Gasteiger partial charge in [-0.3, -0.25) is 0 Å². The van der Waals surface area contributed by atoms with E-state index < -0.39 is 0 Å². The minimum atomic E-state index is 0.339. The molecule has 0 spiro atoms. The molecule has 0 saturated carbocycles. The molecule has 0 heterocycles. The summed E-state index contributed by atoms with van der Waals surface area (Å²) >= 11 is 5.99. The summed E-state index contributed by atoms with van der Waals surface area (Å²) in [5.41, 5.74) is 0.339. The van der Waals surface area contributed by atoms with Crippen LogP contribution in [0.5, 0.6) is 0 Å². The predicted octanol–water partition coefficient (Wildman–Crippen LogP) is 4.18. The van der Waals surface area contributed by atoms with Crippen LogP contribution < -0.4 is 0 Å². The molecule has 2 unspecified atom stereocenters. The molecule has 0 aliphatic heterocycles. The maximum Gasteiger partial charge on any atom is 0.0259 e. The Morgan fingerprint density at radius 3 is 1.58 bits per heavy atom. The highest BCUT2D eigenvalue weighted by molar-refractivity contribution is 6.18. The third-order valence-electron chi connectivity index (χ3n) is 2.96. The van der Waals surface area contributed by atoms with Crippen molar-refractivity contribution in [2.45, 2.75) is 41.5 Å². The lowest BCUT2D eigenvalue weighted by molar-refractivity contribution is 0.156. The molecule has 0 nitrogen and oxygen atoms in total. The Hall–Kier alpha value is 0.290. The van der Waals surface area contributed by atoms with Crippen molar-refractivity contribution in [1.82, 2.24) is 0 Å². The van der Waals surface area contributed by atoms with E-state index in [4.69, 9.17) is 11.6 Å². The minimum Gasteiger partial charge on any atom is -0.126 e. The average Bonchev–Trinajstić information content (AvgIpc) is 1.85. The first-order chi connectivity index (χ1) is 5.30. The van der Waals surface area contributed by atoms with Gasteiger partial charge < -0.3 is 0 Å². The molecule has 0 aliphatic rings. The molecule has 0 N–H and O–H groups in total. The summed E-state index contributed by atoms with van der Waals surface area (Å²) in [6, 6.07) is 0. The van der Waals surface area contributed by atoms with Crippen LogP contribution in [0.1, 0.15) is 41.5 Å². The van der Waals surface area contributed by atoms with Crippen molar-refractivity contribution >= 4 is 11.6 Å². The lowest BCUT2D eigenvalue weighted by atomic mass is 9.71. The van der Waals surface area contributed by atoms with E-state index in [2.05, 4.69) is 41.5 Å². The zero-order chi connectivity index (χ0) is 9.94. The number of halogens is 1. The largest absolute Gasteiger partial charge is 0.126 e. The third-order valence-corrected chi connectivity index (χ3v) is 3.30. The molecule has 0 saturated heterocycles. The van der Waals surface area contributed by atoms with Gasteiger partial charge in [0.2, 0.25) is 0 Å². The van der Waals surface area contributed by atoms with Crippen molar-refractivity contribution in [2.75, 3.05) is 5.88 Å². The van der Waals surface area contributed by atoms with Crippen LogP contribution in [-0.2, 0) is 0 Å². The first-order valence-corrected chi connectivity index (χ1v) is 5.40. The predicted molar refractivity (Wildman–Crippen MR) is 57.7 cm³/mol. The topological polar surface area (TPSA) is 0 Å². The molecule has 0 fully saturated rings. The van der Waals surface area contributed by atoms with Crippen molar-refractivity contribution in [3.8, 4) is 0 Å². The lowest BCUT2D eigenvalue weighted by Gasteiger charge is -2.36. The van der Waals surface area contributed by atoms with Crippen molar-refractivity contribution in [1.29, 1.82) is 0 Å². The molecular formula is C11H23Cl. The van der Waals surface area contributed by atoms with Crippen LogP contribution in [0.2, 0.25) is 0 Å². The molecule has 0 aromatic rings. The van der Waals surface area contributed by atoms with Gasteiger partial charge in [-0.05, 0) is 23.2 Å². The quantitative estimate of drug-likeness (QED) is 0.586. The highest BCUT2D eigenvalue weighted by Gasteiger charge is 2.30. The van der Waals surface area contributed by atoms with Crippen molar-refractivity contribution in [3.63, 3.8) is 0 Å². The summed E-state index contributed by atoms with van der Waals surface area (Å²) < 4.78 is 0. The summed E-state index contributed by atoms with van der Waals surface area (Å²) in [4.78, 5) is 0. The fourth-order valence-electron chi connectivity index (χ4n) is 1.63. The molecule has 0 amide bonds. The highest BCUT2D eigenvalue weighted by atomic mass is 35.5. The molecule has 0 aliphatic carbocycles. The second kappa shape index (κ2) is 4.50. The summed E-state index contributed by atoms with van der Waals surface area (Å²) in [6.45, 7) is 13.7. The number of rotatable bonds is 3. The molecule has 0 rings (SSSR count). The number of alkyl halides is 1. The molecule has 0 radical (unpaired) electrons. The van der Waals surface area contributed by atoms with Gasteiger partial charge in [0.25, 0.3) is 0 Å². The van der Waals surface area contributed by atoms with E-state index in [1.807, 2.05) is 0 Å². The minimum absolute atomic E-state index is 0.339. The van der Waals surface area contributed by atoms with Gasteiger partial charge in [0.15, 0.2) is 0 Å². The molecule has 1 heteroatoms. The smallest absolute Gasteiger partial charge is 0.0259 e. The summed E-state index contributed by atoms with van der Waals surface area (Å²) in [6.07, 6.45) is 0. The Kier molecular flexibility index (Phi) is 4.61. The molecule has 2 atom stereocenters. The average molecular weight is 191 g/mol. The third kappa shape index (κ3) is 3.35. The van der Waals surface area contributed by atoms with Crippen LogP contribution in [0, 0.1) is 23.2 Å². The van der Waals surface area contributed by atoms with E-state index in [0.717, 1.165) is 11.8 Å². The molecule has 0 bridgehead atoms.